The molecule has 7 heteroatoms. The van der Waals surface area contributed by atoms with Crippen molar-refractivity contribution in [1.29, 1.82) is 0 Å². The van der Waals surface area contributed by atoms with Gasteiger partial charge in [0.1, 0.15) is 0 Å². The molecule has 0 radical (unpaired) electrons. The van der Waals surface area contributed by atoms with E-state index < -0.39 is 0 Å². The molecule has 0 spiro atoms. The van der Waals surface area contributed by atoms with Crippen molar-refractivity contribution in [3.8, 4) is 0 Å². The Morgan fingerprint density at radius 3 is 2.67 bits per heavy atom. The molecule has 2 aromatic rings. The second-order valence-electron chi connectivity index (χ2n) is 6.06. The summed E-state index contributed by atoms with van der Waals surface area (Å²) in [4.78, 5) is 24.0. The van der Waals surface area contributed by atoms with Gasteiger partial charge >= 0.3 is 0 Å². The van der Waals surface area contributed by atoms with E-state index in [4.69, 9.17) is 0 Å². The van der Waals surface area contributed by atoms with Gasteiger partial charge in [0, 0.05) is 42.5 Å². The van der Waals surface area contributed by atoms with E-state index in [1.807, 2.05) is 11.3 Å². The summed E-state index contributed by atoms with van der Waals surface area (Å²) in [5.41, 5.74) is 1.08. The number of hydrogen-bond donors (Lipinski definition) is 1. The largest absolute Gasteiger partial charge is 0.301 e. The Morgan fingerprint density at radius 2 is 2.04 bits per heavy atom. The highest BCUT2D eigenvalue weighted by Crippen LogP contribution is 2.22. The van der Waals surface area contributed by atoms with Crippen molar-refractivity contribution in [3.63, 3.8) is 0 Å². The number of nitrogens with zero attached hydrogens (tertiary/aromatic N) is 3. The second-order valence-corrected chi connectivity index (χ2v) is 8.29. The number of rotatable bonds is 6. The van der Waals surface area contributed by atoms with Gasteiger partial charge in [-0.05, 0) is 24.8 Å². The Bertz CT molecular complexity index is 660. The molecule has 130 valence electrons. The number of thiophene rings is 1. The molecule has 0 aliphatic carbocycles. The van der Waals surface area contributed by atoms with Crippen LogP contribution < -0.4 is 5.32 Å². The molecular weight excluding hydrogens is 340 g/mol. The molecule has 1 saturated heterocycles. The van der Waals surface area contributed by atoms with Crippen LogP contribution in [-0.2, 0) is 17.8 Å². The topological polar surface area (TPSA) is 48.5 Å². The van der Waals surface area contributed by atoms with E-state index in [0.29, 0.717) is 6.54 Å². The van der Waals surface area contributed by atoms with Crippen LogP contribution in [0.4, 0.5) is 5.13 Å². The van der Waals surface area contributed by atoms with Gasteiger partial charge in [-0.3, -0.25) is 14.6 Å². The number of thiazole rings is 1. The second kappa shape index (κ2) is 8.20. The van der Waals surface area contributed by atoms with Gasteiger partial charge in [-0.1, -0.05) is 13.0 Å². The lowest BCUT2D eigenvalue weighted by atomic mass is 10.3. The minimum Gasteiger partial charge on any atom is -0.301 e. The van der Waals surface area contributed by atoms with Crippen molar-refractivity contribution in [2.45, 2.75) is 26.8 Å². The van der Waals surface area contributed by atoms with Crippen molar-refractivity contribution >= 4 is 33.7 Å². The standard InChI is InChI=1S/C17H24N4OS2/c1-3-15-13(2)24-17(18-15)19-16(22)12-21-8-6-20(7-9-21)11-14-5-4-10-23-14/h4-5,10H,3,6-9,11-12H2,1-2H3,(H,18,19,22). The molecule has 2 aromatic heterocycles. The highest BCUT2D eigenvalue weighted by molar-refractivity contribution is 7.15. The maximum atomic E-state index is 12.2. The maximum absolute atomic E-state index is 12.2. The molecule has 0 unspecified atom stereocenters. The SMILES string of the molecule is CCc1nc(NC(=O)CN2CCN(Cc3cccs3)CC2)sc1C. The number of amides is 1. The van der Waals surface area contributed by atoms with Crippen LogP contribution in [-0.4, -0.2) is 53.4 Å². The van der Waals surface area contributed by atoms with Gasteiger partial charge in [-0.25, -0.2) is 4.98 Å². The van der Waals surface area contributed by atoms with Crippen LogP contribution in [0.5, 0.6) is 0 Å². The van der Waals surface area contributed by atoms with Crippen molar-refractivity contribution < 1.29 is 4.79 Å². The maximum Gasteiger partial charge on any atom is 0.240 e. The number of aromatic nitrogens is 1. The summed E-state index contributed by atoms with van der Waals surface area (Å²) in [5.74, 6) is 0.0399. The van der Waals surface area contributed by atoms with Crippen molar-refractivity contribution in [3.05, 3.63) is 33.0 Å². The summed E-state index contributed by atoms with van der Waals surface area (Å²) in [5, 5.41) is 5.80. The first-order valence-electron chi connectivity index (χ1n) is 8.37. The molecule has 0 saturated carbocycles. The number of nitrogens with one attached hydrogen (secondary N) is 1. The third kappa shape index (κ3) is 4.63. The van der Waals surface area contributed by atoms with Crippen LogP contribution in [0.2, 0.25) is 0 Å². The minimum absolute atomic E-state index is 0.0399. The zero-order valence-corrected chi connectivity index (χ0v) is 15.9. The molecule has 3 rings (SSSR count). The van der Waals surface area contributed by atoms with Crippen LogP contribution in [0.15, 0.2) is 17.5 Å². The van der Waals surface area contributed by atoms with Gasteiger partial charge in [-0.2, -0.15) is 0 Å². The van der Waals surface area contributed by atoms with Crippen LogP contribution in [0.3, 0.4) is 0 Å². The van der Waals surface area contributed by atoms with Crippen LogP contribution in [0.1, 0.15) is 22.4 Å². The highest BCUT2D eigenvalue weighted by Gasteiger charge is 2.20. The van der Waals surface area contributed by atoms with E-state index in [0.717, 1.165) is 50.0 Å². The van der Waals surface area contributed by atoms with Crippen LogP contribution in [0.25, 0.3) is 0 Å². The van der Waals surface area contributed by atoms with E-state index in [1.54, 1.807) is 11.3 Å². The first-order valence-corrected chi connectivity index (χ1v) is 10.1. The average molecular weight is 365 g/mol. The van der Waals surface area contributed by atoms with E-state index in [9.17, 15) is 4.79 Å². The fraction of sp³-hybridized carbons (Fsp3) is 0.529. The molecule has 0 bridgehead atoms. The quantitative estimate of drug-likeness (QED) is 0.856. The molecule has 1 aliphatic heterocycles. The Hall–Kier alpha value is -1.28. The summed E-state index contributed by atoms with van der Waals surface area (Å²) >= 11 is 3.37. The van der Waals surface area contributed by atoms with Crippen molar-refractivity contribution in [1.82, 2.24) is 14.8 Å². The van der Waals surface area contributed by atoms with Crippen LogP contribution in [0, 0.1) is 6.92 Å². The molecule has 0 atom stereocenters. The number of piperazine rings is 1. The summed E-state index contributed by atoms with van der Waals surface area (Å²) in [6, 6.07) is 4.29. The number of aryl methyl sites for hydroxylation is 2. The zero-order valence-electron chi connectivity index (χ0n) is 14.2. The highest BCUT2D eigenvalue weighted by atomic mass is 32.1. The van der Waals surface area contributed by atoms with Gasteiger partial charge in [0.2, 0.25) is 5.91 Å². The molecule has 5 nitrogen and oxygen atoms in total. The van der Waals surface area contributed by atoms with E-state index in [2.05, 4.69) is 51.5 Å². The predicted molar refractivity (Wildman–Crippen MR) is 101 cm³/mol. The third-order valence-corrected chi connectivity index (χ3v) is 6.06. The van der Waals surface area contributed by atoms with Gasteiger partial charge in [-0.15, -0.1) is 22.7 Å². The average Bonchev–Trinajstić information content (AvgIpc) is 3.18. The summed E-state index contributed by atoms with van der Waals surface area (Å²) in [6.45, 7) is 9.53. The third-order valence-electron chi connectivity index (χ3n) is 4.27. The smallest absolute Gasteiger partial charge is 0.240 e. The van der Waals surface area contributed by atoms with Crippen LogP contribution >= 0.6 is 22.7 Å². The van der Waals surface area contributed by atoms with Gasteiger partial charge < -0.3 is 5.32 Å². The van der Waals surface area contributed by atoms with E-state index in [1.165, 1.54) is 9.75 Å². The first kappa shape index (κ1) is 17.5. The molecule has 1 amide bonds. The summed E-state index contributed by atoms with van der Waals surface area (Å²) in [6.07, 6.45) is 0.907. The van der Waals surface area contributed by atoms with Gasteiger partial charge in [0.25, 0.3) is 0 Å². The fourth-order valence-electron chi connectivity index (χ4n) is 2.90. The lowest BCUT2D eigenvalue weighted by Gasteiger charge is -2.33. The molecule has 24 heavy (non-hydrogen) atoms. The number of carbonyl (C=O) groups is 1. The zero-order chi connectivity index (χ0) is 16.9. The Morgan fingerprint density at radius 1 is 1.29 bits per heavy atom. The van der Waals surface area contributed by atoms with E-state index in [-0.39, 0.29) is 5.91 Å². The lowest BCUT2D eigenvalue weighted by Crippen LogP contribution is -2.48. The lowest BCUT2D eigenvalue weighted by molar-refractivity contribution is -0.117. The normalized spacial score (nSPS) is 16.4. The van der Waals surface area contributed by atoms with Gasteiger partial charge in [0.05, 0.1) is 12.2 Å². The number of hydrogen-bond acceptors (Lipinski definition) is 6. The molecule has 3 heterocycles. The Labute approximate surface area is 151 Å². The van der Waals surface area contributed by atoms with Gasteiger partial charge in [0.15, 0.2) is 5.13 Å². The summed E-state index contributed by atoms with van der Waals surface area (Å²) < 4.78 is 0. The molecule has 1 N–H and O–H groups in total. The monoisotopic (exact) mass is 364 g/mol. The Balaban J connectivity index is 1.42. The Kier molecular flexibility index (Phi) is 5.99. The molecule has 0 aromatic carbocycles. The fourth-order valence-corrected chi connectivity index (χ4v) is 4.56. The molecule has 1 aliphatic rings. The first-order chi connectivity index (χ1) is 11.6. The van der Waals surface area contributed by atoms with Crippen molar-refractivity contribution in [2.75, 3.05) is 38.0 Å². The minimum atomic E-state index is 0.0399. The molecular formula is C17H24N4OS2. The van der Waals surface area contributed by atoms with E-state index >= 15 is 0 Å². The van der Waals surface area contributed by atoms with Crippen molar-refractivity contribution in [2.24, 2.45) is 0 Å². The summed E-state index contributed by atoms with van der Waals surface area (Å²) in [7, 11) is 0. The molecule has 1 fully saturated rings. The number of anilines is 1. The predicted octanol–water partition coefficient (Wildman–Crippen LogP) is 2.83. The number of carbonyl (C=O) groups excluding carboxylic acids is 1.